The second-order valence-electron chi connectivity index (χ2n) is 4.22. The summed E-state index contributed by atoms with van der Waals surface area (Å²) in [4.78, 5) is 4.43. The number of aromatic nitrogens is 1. The fraction of sp³-hybridized carbons (Fsp3) is 0.357. The standard InChI is InChI=1S/C14H18N2OS/c1-10(9-18-3)16-14-12-5-4-6-13(17-2)11(12)7-8-15-14/h4-8,10H,9H2,1-3H3,(H,15,16). The van der Waals surface area contributed by atoms with E-state index < -0.39 is 0 Å². The van der Waals surface area contributed by atoms with Gasteiger partial charge in [-0.25, -0.2) is 4.98 Å². The molecule has 0 aliphatic heterocycles. The molecule has 1 N–H and O–H groups in total. The van der Waals surface area contributed by atoms with Crippen LogP contribution in [0.25, 0.3) is 10.8 Å². The van der Waals surface area contributed by atoms with Crippen LogP contribution in [0.2, 0.25) is 0 Å². The number of methoxy groups -OCH3 is 1. The maximum atomic E-state index is 5.38. The second kappa shape index (κ2) is 5.96. The van der Waals surface area contributed by atoms with Crippen molar-refractivity contribution in [3.63, 3.8) is 0 Å². The maximum Gasteiger partial charge on any atom is 0.134 e. The predicted octanol–water partition coefficient (Wildman–Crippen LogP) is 3.41. The van der Waals surface area contributed by atoms with Crippen molar-refractivity contribution in [3.8, 4) is 5.75 Å². The number of pyridine rings is 1. The van der Waals surface area contributed by atoms with Crippen molar-refractivity contribution < 1.29 is 4.74 Å². The fourth-order valence-electron chi connectivity index (χ4n) is 2.00. The van der Waals surface area contributed by atoms with E-state index in [-0.39, 0.29) is 0 Å². The number of fused-ring (bicyclic) bond motifs is 1. The van der Waals surface area contributed by atoms with Gasteiger partial charge in [0.15, 0.2) is 0 Å². The van der Waals surface area contributed by atoms with Gasteiger partial charge in [-0.2, -0.15) is 11.8 Å². The summed E-state index contributed by atoms with van der Waals surface area (Å²) in [5.74, 6) is 2.87. The third-order valence-corrected chi connectivity index (χ3v) is 3.62. The third kappa shape index (κ3) is 2.70. The van der Waals surface area contributed by atoms with Crippen molar-refractivity contribution in [1.29, 1.82) is 0 Å². The van der Waals surface area contributed by atoms with Gasteiger partial charge < -0.3 is 10.1 Å². The first kappa shape index (κ1) is 13.0. The summed E-state index contributed by atoms with van der Waals surface area (Å²) in [6.07, 6.45) is 3.93. The molecule has 2 aromatic rings. The van der Waals surface area contributed by atoms with Crippen molar-refractivity contribution in [2.75, 3.05) is 24.4 Å². The zero-order chi connectivity index (χ0) is 13.0. The Labute approximate surface area is 112 Å². The molecule has 18 heavy (non-hydrogen) atoms. The minimum atomic E-state index is 0.393. The Balaban J connectivity index is 2.39. The Bertz CT molecular complexity index is 530. The van der Waals surface area contributed by atoms with Crippen LogP contribution in [0.1, 0.15) is 6.92 Å². The zero-order valence-corrected chi connectivity index (χ0v) is 11.8. The molecule has 2 rings (SSSR count). The SMILES string of the molecule is COc1cccc2c(NC(C)CSC)nccc12. The van der Waals surface area contributed by atoms with Gasteiger partial charge in [0, 0.05) is 28.8 Å². The van der Waals surface area contributed by atoms with Crippen LogP contribution in [0, 0.1) is 0 Å². The van der Waals surface area contributed by atoms with Crippen molar-refractivity contribution in [1.82, 2.24) is 4.98 Å². The van der Waals surface area contributed by atoms with E-state index in [9.17, 15) is 0 Å². The lowest BCUT2D eigenvalue weighted by Crippen LogP contribution is -2.18. The monoisotopic (exact) mass is 262 g/mol. The third-order valence-electron chi connectivity index (χ3n) is 2.79. The van der Waals surface area contributed by atoms with Crippen molar-refractivity contribution in [2.45, 2.75) is 13.0 Å². The van der Waals surface area contributed by atoms with E-state index in [2.05, 4.69) is 29.5 Å². The highest BCUT2D eigenvalue weighted by Gasteiger charge is 2.08. The first-order chi connectivity index (χ1) is 8.76. The van der Waals surface area contributed by atoms with Gasteiger partial charge in [0.2, 0.25) is 0 Å². The molecule has 96 valence electrons. The quantitative estimate of drug-likeness (QED) is 0.895. The second-order valence-corrected chi connectivity index (χ2v) is 5.13. The number of anilines is 1. The number of ether oxygens (including phenoxy) is 1. The Morgan fingerprint density at radius 1 is 1.33 bits per heavy atom. The molecule has 1 atom stereocenters. The first-order valence-corrected chi connectivity index (χ1v) is 7.33. The number of nitrogens with one attached hydrogen (secondary N) is 1. The maximum absolute atomic E-state index is 5.38. The lowest BCUT2D eigenvalue weighted by Gasteiger charge is -2.15. The van der Waals surface area contributed by atoms with Crippen molar-refractivity contribution in [3.05, 3.63) is 30.5 Å². The van der Waals surface area contributed by atoms with E-state index in [0.717, 1.165) is 28.1 Å². The molecule has 0 saturated heterocycles. The molecular formula is C14H18N2OS. The highest BCUT2D eigenvalue weighted by atomic mass is 32.2. The minimum Gasteiger partial charge on any atom is -0.496 e. The molecule has 0 bridgehead atoms. The molecule has 1 aromatic carbocycles. The van der Waals surface area contributed by atoms with Gasteiger partial charge >= 0.3 is 0 Å². The summed E-state index contributed by atoms with van der Waals surface area (Å²) in [7, 11) is 1.69. The summed E-state index contributed by atoms with van der Waals surface area (Å²) >= 11 is 1.83. The average Bonchev–Trinajstić information content (AvgIpc) is 2.38. The average molecular weight is 262 g/mol. The summed E-state index contributed by atoms with van der Waals surface area (Å²) in [5, 5.41) is 5.64. The Kier molecular flexibility index (Phi) is 4.31. The minimum absolute atomic E-state index is 0.393. The van der Waals surface area contributed by atoms with Gasteiger partial charge in [-0.15, -0.1) is 0 Å². The summed E-state index contributed by atoms with van der Waals surface area (Å²) in [6.45, 7) is 2.16. The fourth-order valence-corrected chi connectivity index (χ4v) is 2.58. The molecule has 0 radical (unpaired) electrons. The van der Waals surface area contributed by atoms with E-state index in [4.69, 9.17) is 4.74 Å². The van der Waals surface area contributed by atoms with Gasteiger partial charge in [-0.3, -0.25) is 0 Å². The Morgan fingerprint density at radius 3 is 2.89 bits per heavy atom. The Morgan fingerprint density at radius 2 is 2.17 bits per heavy atom. The normalized spacial score (nSPS) is 12.4. The zero-order valence-electron chi connectivity index (χ0n) is 10.9. The number of benzene rings is 1. The number of rotatable bonds is 5. The molecule has 1 aromatic heterocycles. The summed E-state index contributed by atoms with van der Waals surface area (Å²) < 4.78 is 5.38. The highest BCUT2D eigenvalue weighted by molar-refractivity contribution is 7.98. The summed E-state index contributed by atoms with van der Waals surface area (Å²) in [5.41, 5.74) is 0. The van der Waals surface area contributed by atoms with Gasteiger partial charge in [0.05, 0.1) is 7.11 Å². The van der Waals surface area contributed by atoms with Gasteiger partial charge in [-0.05, 0) is 25.3 Å². The van der Waals surface area contributed by atoms with Crippen LogP contribution in [-0.4, -0.2) is 30.1 Å². The largest absolute Gasteiger partial charge is 0.496 e. The molecule has 0 aliphatic carbocycles. The molecule has 0 saturated carbocycles. The topological polar surface area (TPSA) is 34.1 Å². The number of thioether (sulfide) groups is 1. The molecule has 1 unspecified atom stereocenters. The van der Waals surface area contributed by atoms with Crippen LogP contribution in [-0.2, 0) is 0 Å². The molecular weight excluding hydrogens is 244 g/mol. The van der Waals surface area contributed by atoms with E-state index in [1.165, 1.54) is 0 Å². The lowest BCUT2D eigenvalue weighted by molar-refractivity contribution is 0.420. The van der Waals surface area contributed by atoms with E-state index in [1.54, 1.807) is 7.11 Å². The van der Waals surface area contributed by atoms with Crippen LogP contribution in [0.15, 0.2) is 30.5 Å². The van der Waals surface area contributed by atoms with Gasteiger partial charge in [0.1, 0.15) is 11.6 Å². The number of hydrogen-bond acceptors (Lipinski definition) is 4. The number of hydrogen-bond donors (Lipinski definition) is 1. The smallest absolute Gasteiger partial charge is 0.134 e. The van der Waals surface area contributed by atoms with E-state index >= 15 is 0 Å². The van der Waals surface area contributed by atoms with E-state index in [1.807, 2.05) is 36.2 Å². The molecule has 1 heterocycles. The van der Waals surface area contributed by atoms with Crippen LogP contribution in [0.3, 0.4) is 0 Å². The van der Waals surface area contributed by atoms with Crippen LogP contribution < -0.4 is 10.1 Å². The molecule has 0 fully saturated rings. The first-order valence-electron chi connectivity index (χ1n) is 5.93. The number of nitrogens with zero attached hydrogens (tertiary/aromatic N) is 1. The van der Waals surface area contributed by atoms with E-state index in [0.29, 0.717) is 6.04 Å². The molecule has 3 nitrogen and oxygen atoms in total. The summed E-state index contributed by atoms with van der Waals surface area (Å²) in [6, 6.07) is 8.41. The van der Waals surface area contributed by atoms with Gasteiger partial charge in [-0.1, -0.05) is 12.1 Å². The predicted molar refractivity (Wildman–Crippen MR) is 79.8 cm³/mol. The Hall–Kier alpha value is -1.42. The van der Waals surface area contributed by atoms with Crippen LogP contribution in [0.5, 0.6) is 5.75 Å². The van der Waals surface area contributed by atoms with Crippen molar-refractivity contribution >= 4 is 28.4 Å². The lowest BCUT2D eigenvalue weighted by atomic mass is 10.1. The molecule has 0 aliphatic rings. The van der Waals surface area contributed by atoms with Crippen molar-refractivity contribution in [2.24, 2.45) is 0 Å². The van der Waals surface area contributed by atoms with Gasteiger partial charge in [0.25, 0.3) is 0 Å². The molecule has 0 spiro atoms. The van der Waals surface area contributed by atoms with Crippen LogP contribution in [0.4, 0.5) is 5.82 Å². The molecule has 4 heteroatoms. The van der Waals surface area contributed by atoms with Crippen LogP contribution >= 0.6 is 11.8 Å². The molecule has 0 amide bonds. The highest BCUT2D eigenvalue weighted by Crippen LogP contribution is 2.29.